The van der Waals surface area contributed by atoms with Crippen LogP contribution < -0.4 is 10.2 Å². The minimum absolute atomic E-state index is 0.162. The second kappa shape index (κ2) is 11.2. The second-order valence-corrected chi connectivity index (χ2v) is 9.01. The lowest BCUT2D eigenvalue weighted by Gasteiger charge is -2.39. The zero-order valence-corrected chi connectivity index (χ0v) is 20.1. The lowest BCUT2D eigenvalue weighted by Crippen LogP contribution is -2.38. The molecule has 0 aliphatic heterocycles. The van der Waals surface area contributed by atoms with Crippen LogP contribution in [0, 0.1) is 0 Å². The van der Waals surface area contributed by atoms with Crippen molar-refractivity contribution in [1.82, 2.24) is 5.32 Å². The van der Waals surface area contributed by atoms with E-state index in [9.17, 15) is 9.59 Å². The number of carbonyl (C=O) groups excluding carboxylic acids is 2. The Kier molecular flexibility index (Phi) is 7.84. The summed E-state index contributed by atoms with van der Waals surface area (Å²) in [5, 5.41) is 5.38. The number of amides is 1. The van der Waals surface area contributed by atoms with Gasteiger partial charge >= 0.3 is 5.97 Å². The molecule has 0 aromatic heterocycles. The Bertz CT molecular complexity index is 1120. The highest BCUT2D eigenvalue weighted by atomic mass is 16.5. The molecule has 0 bridgehead atoms. The minimum Gasteiger partial charge on any atom is -0.469 e. The summed E-state index contributed by atoms with van der Waals surface area (Å²) in [6, 6.07) is 23.7. The van der Waals surface area contributed by atoms with E-state index >= 15 is 0 Å². The summed E-state index contributed by atoms with van der Waals surface area (Å²) in [6.45, 7) is 3.51. The monoisotopic (exact) mass is 458 g/mol. The summed E-state index contributed by atoms with van der Waals surface area (Å²) in [4.78, 5) is 26.2. The minimum atomic E-state index is -0.327. The summed E-state index contributed by atoms with van der Waals surface area (Å²) < 4.78 is 4.61. The van der Waals surface area contributed by atoms with Gasteiger partial charge < -0.3 is 15.0 Å². The van der Waals surface area contributed by atoms with E-state index in [4.69, 9.17) is 0 Å². The van der Waals surface area contributed by atoms with Crippen LogP contribution in [0.5, 0.6) is 0 Å². The molecule has 0 heterocycles. The van der Waals surface area contributed by atoms with Gasteiger partial charge in [-0.05, 0) is 61.3 Å². The molecule has 1 saturated carbocycles. The molecule has 2 atom stereocenters. The number of ether oxygens (including phenoxy) is 1. The van der Waals surface area contributed by atoms with Gasteiger partial charge in [0.2, 0.25) is 0 Å². The molecule has 1 amide bonds. The molecule has 3 aromatic carbocycles. The van der Waals surface area contributed by atoms with Crippen molar-refractivity contribution >= 4 is 28.3 Å². The first kappa shape index (κ1) is 23.8. The first-order valence-corrected chi connectivity index (χ1v) is 12.3. The maximum absolute atomic E-state index is 12.4. The van der Waals surface area contributed by atoms with Gasteiger partial charge in [-0.1, -0.05) is 55.0 Å². The van der Waals surface area contributed by atoms with Crippen LogP contribution in [-0.4, -0.2) is 38.1 Å². The molecular weight excluding hydrogens is 424 g/mol. The average Bonchev–Trinajstić information content (AvgIpc) is 2.89. The van der Waals surface area contributed by atoms with Gasteiger partial charge in [-0.2, -0.15) is 0 Å². The fraction of sp³-hybridized carbons (Fsp3) is 0.379. The molecule has 0 spiro atoms. The highest BCUT2D eigenvalue weighted by molar-refractivity contribution is 5.95. The van der Waals surface area contributed by atoms with Crippen molar-refractivity contribution in [1.29, 1.82) is 0 Å². The lowest BCUT2D eigenvalue weighted by molar-refractivity contribution is -0.140. The van der Waals surface area contributed by atoms with E-state index in [1.807, 2.05) is 12.1 Å². The molecule has 4 rings (SSSR count). The Morgan fingerprint density at radius 3 is 2.53 bits per heavy atom. The number of benzene rings is 3. The predicted molar refractivity (Wildman–Crippen MR) is 137 cm³/mol. The highest BCUT2D eigenvalue weighted by Gasteiger charge is 2.28. The van der Waals surface area contributed by atoms with Crippen LogP contribution in [0.15, 0.2) is 66.7 Å². The summed E-state index contributed by atoms with van der Waals surface area (Å²) in [5.74, 6) is -0.00331. The van der Waals surface area contributed by atoms with E-state index in [0.29, 0.717) is 17.5 Å². The molecule has 178 valence electrons. The topological polar surface area (TPSA) is 58.6 Å². The van der Waals surface area contributed by atoms with Gasteiger partial charge in [0, 0.05) is 35.8 Å². The third-order valence-corrected chi connectivity index (χ3v) is 6.99. The van der Waals surface area contributed by atoms with Crippen LogP contribution in [0.2, 0.25) is 0 Å². The Labute approximate surface area is 202 Å². The molecule has 0 saturated heterocycles. The van der Waals surface area contributed by atoms with Crippen LogP contribution in [0.4, 0.5) is 5.69 Å². The van der Waals surface area contributed by atoms with Gasteiger partial charge in [0.25, 0.3) is 5.91 Å². The van der Waals surface area contributed by atoms with Crippen molar-refractivity contribution in [3.05, 3.63) is 77.9 Å². The Morgan fingerprint density at radius 1 is 1.00 bits per heavy atom. The molecule has 1 fully saturated rings. The molecule has 1 aliphatic carbocycles. The maximum atomic E-state index is 12.4. The molecule has 3 aromatic rings. The molecule has 2 unspecified atom stereocenters. The number of carbonyl (C=O) groups is 2. The summed E-state index contributed by atoms with van der Waals surface area (Å²) in [7, 11) is 1.35. The first-order chi connectivity index (χ1) is 16.6. The van der Waals surface area contributed by atoms with E-state index in [1.165, 1.54) is 48.4 Å². The van der Waals surface area contributed by atoms with Gasteiger partial charge in [0.15, 0.2) is 0 Å². The molecular formula is C29H34N2O3. The van der Waals surface area contributed by atoms with Crippen LogP contribution in [0.1, 0.15) is 60.9 Å². The SMILES string of the molecule is CCN(c1cccc2ccccc12)C1CCCC(c2ccc(C(=O)NCCC(=O)OC)cc2)C1. The van der Waals surface area contributed by atoms with Crippen molar-refractivity contribution in [3.8, 4) is 0 Å². The number of nitrogens with zero attached hydrogens (tertiary/aromatic N) is 1. The van der Waals surface area contributed by atoms with E-state index in [1.54, 1.807) is 0 Å². The third-order valence-electron chi connectivity index (χ3n) is 6.99. The molecule has 5 heteroatoms. The number of hydrogen-bond acceptors (Lipinski definition) is 4. The zero-order chi connectivity index (χ0) is 23.9. The second-order valence-electron chi connectivity index (χ2n) is 9.01. The Morgan fingerprint density at radius 2 is 1.76 bits per heavy atom. The van der Waals surface area contributed by atoms with Crippen LogP contribution >= 0.6 is 0 Å². The lowest BCUT2D eigenvalue weighted by atomic mass is 9.80. The zero-order valence-electron chi connectivity index (χ0n) is 20.1. The highest BCUT2D eigenvalue weighted by Crippen LogP contribution is 2.38. The summed E-state index contributed by atoms with van der Waals surface area (Å²) >= 11 is 0. The van der Waals surface area contributed by atoms with Gasteiger partial charge in [-0.15, -0.1) is 0 Å². The number of esters is 1. The van der Waals surface area contributed by atoms with Gasteiger partial charge in [0.05, 0.1) is 13.5 Å². The molecule has 1 aliphatic rings. The van der Waals surface area contributed by atoms with Crippen molar-refractivity contribution in [2.75, 3.05) is 25.1 Å². The van der Waals surface area contributed by atoms with Crippen molar-refractivity contribution in [3.63, 3.8) is 0 Å². The number of anilines is 1. The van der Waals surface area contributed by atoms with Gasteiger partial charge in [-0.3, -0.25) is 9.59 Å². The number of fused-ring (bicyclic) bond motifs is 1. The maximum Gasteiger partial charge on any atom is 0.307 e. The number of methoxy groups -OCH3 is 1. The average molecular weight is 459 g/mol. The van der Waals surface area contributed by atoms with Gasteiger partial charge in [-0.25, -0.2) is 0 Å². The van der Waals surface area contributed by atoms with Crippen LogP contribution in [0.25, 0.3) is 10.8 Å². The number of rotatable bonds is 8. The fourth-order valence-electron chi connectivity index (χ4n) is 5.22. The smallest absolute Gasteiger partial charge is 0.307 e. The number of nitrogens with one attached hydrogen (secondary N) is 1. The van der Waals surface area contributed by atoms with Crippen LogP contribution in [0.3, 0.4) is 0 Å². The fourth-order valence-corrected chi connectivity index (χ4v) is 5.22. The van der Waals surface area contributed by atoms with Crippen molar-refractivity contribution < 1.29 is 14.3 Å². The molecule has 0 radical (unpaired) electrons. The normalized spacial score (nSPS) is 17.8. The van der Waals surface area contributed by atoms with Crippen LogP contribution in [-0.2, 0) is 9.53 Å². The van der Waals surface area contributed by atoms with Crippen molar-refractivity contribution in [2.24, 2.45) is 0 Å². The predicted octanol–water partition coefficient (Wildman–Crippen LogP) is 5.69. The molecule has 5 nitrogen and oxygen atoms in total. The number of hydrogen-bond donors (Lipinski definition) is 1. The van der Waals surface area contributed by atoms with E-state index < -0.39 is 0 Å². The Hall–Kier alpha value is -3.34. The largest absolute Gasteiger partial charge is 0.469 e. The summed E-state index contributed by atoms with van der Waals surface area (Å²) in [6.07, 6.45) is 4.87. The van der Waals surface area contributed by atoms with Crippen molar-refractivity contribution in [2.45, 2.75) is 51.0 Å². The van der Waals surface area contributed by atoms with E-state index in [2.05, 4.69) is 76.5 Å². The third kappa shape index (κ3) is 5.41. The summed E-state index contributed by atoms with van der Waals surface area (Å²) in [5.41, 5.74) is 3.24. The van der Waals surface area contributed by atoms with E-state index in [0.717, 1.165) is 13.0 Å². The molecule has 34 heavy (non-hydrogen) atoms. The quantitative estimate of drug-likeness (QED) is 0.441. The molecule has 1 N–H and O–H groups in total. The Balaban J connectivity index is 1.44. The standard InChI is InChI=1S/C29H34N2O3/c1-3-31(27-13-7-9-22-8-4-5-12-26(22)27)25-11-6-10-24(20-25)21-14-16-23(17-15-21)29(33)30-19-18-28(32)34-2/h4-5,7-9,12-17,24-25H,3,6,10-11,18-20H2,1-2H3,(H,30,33). The first-order valence-electron chi connectivity index (χ1n) is 12.3. The van der Waals surface area contributed by atoms with E-state index in [-0.39, 0.29) is 24.8 Å². The van der Waals surface area contributed by atoms with Gasteiger partial charge in [0.1, 0.15) is 0 Å².